The Morgan fingerprint density at radius 3 is 1.96 bits per heavy atom. The molecule has 2 saturated heterocycles. The Hall–Kier alpha value is -2.44. The van der Waals surface area contributed by atoms with Gasteiger partial charge < -0.3 is 73.5 Å². The molecule has 49 heavy (non-hydrogen) atoms. The van der Waals surface area contributed by atoms with Crippen molar-refractivity contribution in [2.45, 2.75) is 86.7 Å². The van der Waals surface area contributed by atoms with Crippen molar-refractivity contribution >= 4 is 11.9 Å². The van der Waals surface area contributed by atoms with Crippen molar-refractivity contribution in [1.29, 1.82) is 0 Å². The number of amides is 1. The molecular formula is C29H48N4O16. The summed E-state index contributed by atoms with van der Waals surface area (Å²) in [5.74, 6) is -1.74. The van der Waals surface area contributed by atoms with E-state index < -0.39 is 73.3 Å². The van der Waals surface area contributed by atoms with Gasteiger partial charge in [-0.15, -0.1) is 5.10 Å². The maximum atomic E-state index is 12.9. The van der Waals surface area contributed by atoms with Crippen LogP contribution in [0.1, 0.15) is 24.5 Å². The van der Waals surface area contributed by atoms with Crippen LogP contribution in [0, 0.1) is 0 Å². The quantitative estimate of drug-likeness (QED) is 0.0635. The van der Waals surface area contributed by atoms with E-state index in [0.29, 0.717) is 52.1 Å². The molecule has 6 N–H and O–H groups in total. The number of aromatic nitrogens is 3. The molecule has 1 aliphatic carbocycles. The Bertz CT molecular complexity index is 1140. The third-order valence-corrected chi connectivity index (χ3v) is 8.06. The van der Waals surface area contributed by atoms with Crippen molar-refractivity contribution < 1.29 is 77.8 Å². The van der Waals surface area contributed by atoms with Gasteiger partial charge in [-0.05, 0) is 12.8 Å². The van der Waals surface area contributed by atoms with Crippen LogP contribution in [0.25, 0.3) is 0 Å². The van der Waals surface area contributed by atoms with E-state index in [2.05, 4.69) is 15.6 Å². The summed E-state index contributed by atoms with van der Waals surface area (Å²) in [4.78, 5) is 24.7. The van der Waals surface area contributed by atoms with Crippen LogP contribution in [0.5, 0.6) is 0 Å². The Kier molecular flexibility index (Phi) is 15.9. The maximum absolute atomic E-state index is 12.9. The molecule has 10 atom stereocenters. The summed E-state index contributed by atoms with van der Waals surface area (Å²) in [7, 11) is 2.33. The fraction of sp³-hybridized carbons (Fsp3) is 0.862. The molecule has 0 radical (unpaired) electrons. The van der Waals surface area contributed by atoms with E-state index >= 15 is 0 Å². The third kappa shape index (κ3) is 11.3. The van der Waals surface area contributed by atoms with Gasteiger partial charge >= 0.3 is 5.97 Å². The number of methoxy groups -OCH3 is 2. The maximum Gasteiger partial charge on any atom is 0.335 e. The monoisotopic (exact) mass is 708 g/mol. The Morgan fingerprint density at radius 1 is 0.796 bits per heavy atom. The van der Waals surface area contributed by atoms with Gasteiger partial charge in [0, 0.05) is 32.9 Å². The SMILES string of the molecule is COC1OC(C(=O)O)C(OC2OC(C(=O)NCCOCCOCCOCCOCCn3cc(C4CC4)nn3)C(OC)C(O)C2O)C(O)C1O. The predicted molar refractivity (Wildman–Crippen MR) is 160 cm³/mol. The number of nitrogens with zero attached hydrogens (tertiary/aromatic N) is 3. The zero-order chi connectivity index (χ0) is 35.3. The number of aliphatic hydroxyl groups excluding tert-OH is 4. The summed E-state index contributed by atoms with van der Waals surface area (Å²) in [5, 5.41) is 62.3. The molecule has 0 spiro atoms. The Labute approximate surface area is 282 Å². The van der Waals surface area contributed by atoms with E-state index in [9.17, 15) is 35.1 Å². The molecule has 1 aromatic rings. The molecule has 280 valence electrons. The van der Waals surface area contributed by atoms with Crippen molar-refractivity contribution in [3.63, 3.8) is 0 Å². The summed E-state index contributed by atoms with van der Waals surface area (Å²) in [6.45, 7) is 3.48. The Balaban J connectivity index is 1.06. The first-order valence-electron chi connectivity index (χ1n) is 16.1. The summed E-state index contributed by atoms with van der Waals surface area (Å²) in [5.41, 5.74) is 1.05. The molecule has 3 heterocycles. The number of carboxylic acid groups (broad SMARTS) is 1. The number of carboxylic acids is 1. The molecule has 0 aromatic carbocycles. The molecular weight excluding hydrogens is 660 g/mol. The largest absolute Gasteiger partial charge is 0.479 e. The van der Waals surface area contributed by atoms with E-state index in [1.165, 1.54) is 20.0 Å². The highest BCUT2D eigenvalue weighted by atomic mass is 16.7. The molecule has 3 fully saturated rings. The van der Waals surface area contributed by atoms with E-state index in [-0.39, 0.29) is 19.8 Å². The first-order chi connectivity index (χ1) is 23.7. The molecule has 1 aromatic heterocycles. The van der Waals surface area contributed by atoms with Gasteiger partial charge in [0.2, 0.25) is 0 Å². The van der Waals surface area contributed by atoms with Crippen LogP contribution < -0.4 is 5.32 Å². The predicted octanol–water partition coefficient (Wildman–Crippen LogP) is -3.64. The lowest BCUT2D eigenvalue weighted by Gasteiger charge is -2.45. The van der Waals surface area contributed by atoms with Gasteiger partial charge in [0.15, 0.2) is 24.8 Å². The Morgan fingerprint density at radius 2 is 1.37 bits per heavy atom. The molecule has 20 heteroatoms. The standard InChI is InChI=1S/C29H48N4O16/c1-41-22-18(34)21(37)29(47-23-19(35)20(36)28(42-2)49-25(23)27(39)40)48-24(22)26(38)30-5-7-43-9-11-45-13-14-46-12-10-44-8-6-33-15-17(31-32-33)16-3-4-16/h15-16,18-25,28-29,34-37H,3-14H2,1-2H3,(H,30,38)(H,39,40). The molecule has 0 bridgehead atoms. The average Bonchev–Trinajstić information content (AvgIpc) is 3.84. The van der Waals surface area contributed by atoms with Gasteiger partial charge in [0.25, 0.3) is 5.91 Å². The molecule has 1 saturated carbocycles. The second kappa shape index (κ2) is 19.8. The van der Waals surface area contributed by atoms with Crippen LogP contribution in [0.15, 0.2) is 6.20 Å². The van der Waals surface area contributed by atoms with Crippen LogP contribution in [-0.2, 0) is 58.8 Å². The number of rotatable bonds is 22. The third-order valence-electron chi connectivity index (χ3n) is 8.06. The summed E-state index contributed by atoms with van der Waals surface area (Å²) in [6.07, 6.45) is -12.5. The summed E-state index contributed by atoms with van der Waals surface area (Å²) < 4.78 is 50.0. The van der Waals surface area contributed by atoms with Gasteiger partial charge in [-0.25, -0.2) is 9.48 Å². The number of carbonyl (C=O) groups is 2. The lowest BCUT2D eigenvalue weighted by molar-refractivity contribution is -0.348. The van der Waals surface area contributed by atoms with E-state index in [0.717, 1.165) is 12.8 Å². The highest BCUT2D eigenvalue weighted by Crippen LogP contribution is 2.38. The molecule has 10 unspecified atom stereocenters. The van der Waals surface area contributed by atoms with Crippen molar-refractivity contribution in [1.82, 2.24) is 20.3 Å². The number of nitrogens with one attached hydrogen (secondary N) is 1. The van der Waals surface area contributed by atoms with Crippen molar-refractivity contribution in [2.24, 2.45) is 0 Å². The lowest BCUT2D eigenvalue weighted by atomic mass is 9.96. The average molecular weight is 709 g/mol. The molecule has 2 aliphatic heterocycles. The number of aliphatic hydroxyl groups is 4. The van der Waals surface area contributed by atoms with Crippen molar-refractivity contribution in [2.75, 3.05) is 73.6 Å². The number of carbonyl (C=O) groups excluding carboxylic acids is 1. The van der Waals surface area contributed by atoms with Crippen LogP contribution in [0.4, 0.5) is 0 Å². The van der Waals surface area contributed by atoms with Gasteiger partial charge in [-0.3, -0.25) is 4.79 Å². The summed E-state index contributed by atoms with van der Waals surface area (Å²) >= 11 is 0. The van der Waals surface area contributed by atoms with Crippen LogP contribution >= 0.6 is 0 Å². The highest BCUT2D eigenvalue weighted by molar-refractivity contribution is 5.81. The molecule has 4 rings (SSSR count). The van der Waals surface area contributed by atoms with Crippen LogP contribution in [0.3, 0.4) is 0 Å². The number of hydrogen-bond donors (Lipinski definition) is 6. The summed E-state index contributed by atoms with van der Waals surface area (Å²) in [6, 6.07) is 0. The van der Waals surface area contributed by atoms with E-state index in [4.69, 9.17) is 42.6 Å². The van der Waals surface area contributed by atoms with Gasteiger partial charge in [0.1, 0.15) is 36.6 Å². The number of aliphatic carboxylic acids is 1. The van der Waals surface area contributed by atoms with Crippen LogP contribution in [-0.4, -0.2) is 187 Å². The van der Waals surface area contributed by atoms with Crippen LogP contribution in [0.2, 0.25) is 0 Å². The zero-order valence-corrected chi connectivity index (χ0v) is 27.5. The minimum atomic E-state index is -1.85. The van der Waals surface area contributed by atoms with Gasteiger partial charge in [0.05, 0.1) is 65.1 Å². The van der Waals surface area contributed by atoms with E-state index in [1.54, 1.807) is 4.68 Å². The normalized spacial score (nSPS) is 31.9. The topological polar surface area (TPSA) is 261 Å². The lowest BCUT2D eigenvalue weighted by Crippen LogP contribution is -2.66. The second-order valence-electron chi connectivity index (χ2n) is 11.6. The second-order valence-corrected chi connectivity index (χ2v) is 11.6. The van der Waals surface area contributed by atoms with Gasteiger partial charge in [-0.2, -0.15) is 0 Å². The molecule has 3 aliphatic rings. The first-order valence-corrected chi connectivity index (χ1v) is 16.1. The smallest absolute Gasteiger partial charge is 0.335 e. The zero-order valence-electron chi connectivity index (χ0n) is 27.5. The minimum Gasteiger partial charge on any atom is -0.479 e. The van der Waals surface area contributed by atoms with Crippen molar-refractivity contribution in [3.8, 4) is 0 Å². The fourth-order valence-corrected chi connectivity index (χ4v) is 5.22. The number of ether oxygens (including phenoxy) is 9. The number of hydrogen-bond acceptors (Lipinski definition) is 17. The van der Waals surface area contributed by atoms with Crippen molar-refractivity contribution in [3.05, 3.63) is 11.9 Å². The van der Waals surface area contributed by atoms with E-state index in [1.807, 2.05) is 6.20 Å². The first kappa shape index (κ1) is 39.3. The fourth-order valence-electron chi connectivity index (χ4n) is 5.22. The highest BCUT2D eigenvalue weighted by Gasteiger charge is 2.54. The van der Waals surface area contributed by atoms with Gasteiger partial charge in [-0.1, -0.05) is 5.21 Å². The minimum absolute atomic E-state index is 0.0435. The molecule has 1 amide bonds. The molecule has 20 nitrogen and oxygen atoms in total.